The van der Waals surface area contributed by atoms with Gasteiger partial charge in [-0.2, -0.15) is 0 Å². The highest BCUT2D eigenvalue weighted by Crippen LogP contribution is 2.43. The Labute approximate surface area is 80.3 Å². The van der Waals surface area contributed by atoms with Gasteiger partial charge in [0.2, 0.25) is 5.91 Å². The van der Waals surface area contributed by atoms with E-state index >= 15 is 0 Å². The lowest BCUT2D eigenvalue weighted by atomic mass is 10.1. The van der Waals surface area contributed by atoms with Crippen molar-refractivity contribution in [2.24, 2.45) is 5.41 Å². The average Bonchev–Trinajstić information content (AvgIpc) is 2.82. The van der Waals surface area contributed by atoms with Gasteiger partial charge >= 0.3 is 0 Å². The van der Waals surface area contributed by atoms with E-state index in [4.69, 9.17) is 0 Å². The van der Waals surface area contributed by atoms with Crippen LogP contribution in [0.3, 0.4) is 0 Å². The van der Waals surface area contributed by atoms with Crippen LogP contribution in [0.1, 0.15) is 32.6 Å². The second-order valence-corrected chi connectivity index (χ2v) is 4.29. The first kappa shape index (κ1) is 10.5. The van der Waals surface area contributed by atoms with Gasteiger partial charge in [-0.1, -0.05) is 6.92 Å². The molecule has 0 radical (unpaired) electrons. The maximum atomic E-state index is 11.3. The molecule has 1 aliphatic rings. The summed E-state index contributed by atoms with van der Waals surface area (Å²) in [5.74, 6) is 0.198. The summed E-state index contributed by atoms with van der Waals surface area (Å²) < 4.78 is 0. The molecule has 0 aromatic heterocycles. The van der Waals surface area contributed by atoms with Gasteiger partial charge in [0, 0.05) is 13.0 Å². The van der Waals surface area contributed by atoms with Crippen LogP contribution in [0.5, 0.6) is 0 Å². The molecule has 13 heavy (non-hydrogen) atoms. The van der Waals surface area contributed by atoms with Crippen molar-refractivity contribution in [1.82, 2.24) is 10.6 Å². The predicted octanol–water partition coefficient (Wildman–Crippen LogP) is 0.902. The molecule has 0 aliphatic heterocycles. The Hall–Kier alpha value is -0.570. The molecule has 1 amide bonds. The Bertz CT molecular complexity index is 176. The van der Waals surface area contributed by atoms with Gasteiger partial charge in [-0.15, -0.1) is 0 Å². The number of carbonyl (C=O) groups is 1. The smallest absolute Gasteiger partial charge is 0.220 e. The minimum Gasteiger partial charge on any atom is -0.356 e. The third-order valence-corrected chi connectivity index (χ3v) is 2.65. The molecule has 3 heteroatoms. The van der Waals surface area contributed by atoms with Crippen molar-refractivity contribution in [2.45, 2.75) is 32.6 Å². The maximum Gasteiger partial charge on any atom is 0.220 e. The van der Waals surface area contributed by atoms with Crippen LogP contribution in [0.25, 0.3) is 0 Å². The molecular formula is C10H20N2O. The molecule has 0 aromatic carbocycles. The monoisotopic (exact) mass is 184 g/mol. The number of rotatable bonds is 6. The predicted molar refractivity (Wildman–Crippen MR) is 53.5 cm³/mol. The molecule has 76 valence electrons. The molecular weight excluding hydrogens is 164 g/mol. The molecule has 1 aliphatic carbocycles. The first-order valence-electron chi connectivity index (χ1n) is 5.08. The first-order valence-corrected chi connectivity index (χ1v) is 5.08. The lowest BCUT2D eigenvalue weighted by Gasteiger charge is -2.09. The second-order valence-electron chi connectivity index (χ2n) is 4.29. The molecule has 0 atom stereocenters. The number of amides is 1. The molecule has 1 fully saturated rings. The fraction of sp³-hybridized carbons (Fsp3) is 0.900. The van der Waals surface area contributed by atoms with Gasteiger partial charge in [0.15, 0.2) is 0 Å². The quantitative estimate of drug-likeness (QED) is 0.602. The third kappa shape index (κ3) is 4.27. The van der Waals surface area contributed by atoms with E-state index in [2.05, 4.69) is 17.6 Å². The highest BCUT2D eigenvalue weighted by Gasteiger charge is 2.37. The number of hydrogen-bond donors (Lipinski definition) is 2. The van der Waals surface area contributed by atoms with E-state index in [-0.39, 0.29) is 5.91 Å². The van der Waals surface area contributed by atoms with Gasteiger partial charge < -0.3 is 10.6 Å². The Morgan fingerprint density at radius 3 is 2.69 bits per heavy atom. The van der Waals surface area contributed by atoms with Gasteiger partial charge in [-0.3, -0.25) is 4.79 Å². The van der Waals surface area contributed by atoms with Crippen molar-refractivity contribution in [3.63, 3.8) is 0 Å². The van der Waals surface area contributed by atoms with Crippen LogP contribution < -0.4 is 10.6 Å². The molecule has 1 saturated carbocycles. The second kappa shape index (κ2) is 4.61. The van der Waals surface area contributed by atoms with Crippen molar-refractivity contribution in [3.8, 4) is 0 Å². The van der Waals surface area contributed by atoms with Crippen LogP contribution in [0.4, 0.5) is 0 Å². The summed E-state index contributed by atoms with van der Waals surface area (Å²) in [6, 6.07) is 0. The maximum absolute atomic E-state index is 11.3. The minimum absolute atomic E-state index is 0.198. The standard InChI is InChI=1S/C10H20N2O/c1-10(5-6-10)8-12-9(13)4-3-7-11-2/h11H,3-8H2,1-2H3,(H,12,13). The molecule has 0 saturated heterocycles. The van der Waals surface area contributed by atoms with E-state index in [1.54, 1.807) is 0 Å². The molecule has 1 rings (SSSR count). The highest BCUT2D eigenvalue weighted by molar-refractivity contribution is 5.75. The van der Waals surface area contributed by atoms with Crippen LogP contribution in [0, 0.1) is 5.41 Å². The highest BCUT2D eigenvalue weighted by atomic mass is 16.1. The summed E-state index contributed by atoms with van der Waals surface area (Å²) in [6.07, 6.45) is 4.11. The molecule has 0 spiro atoms. The van der Waals surface area contributed by atoms with Crippen molar-refractivity contribution < 1.29 is 4.79 Å². The zero-order valence-electron chi connectivity index (χ0n) is 8.65. The molecule has 0 bridgehead atoms. The molecule has 0 unspecified atom stereocenters. The SMILES string of the molecule is CNCCCC(=O)NCC1(C)CC1. The van der Waals surface area contributed by atoms with Gasteiger partial charge in [-0.05, 0) is 38.3 Å². The fourth-order valence-corrected chi connectivity index (χ4v) is 1.22. The van der Waals surface area contributed by atoms with Crippen molar-refractivity contribution in [1.29, 1.82) is 0 Å². The van der Waals surface area contributed by atoms with E-state index in [1.165, 1.54) is 12.8 Å². The van der Waals surface area contributed by atoms with Crippen molar-refractivity contribution in [3.05, 3.63) is 0 Å². The van der Waals surface area contributed by atoms with E-state index in [0.29, 0.717) is 11.8 Å². The third-order valence-electron chi connectivity index (χ3n) is 2.65. The number of carbonyl (C=O) groups excluding carboxylic acids is 1. The Kier molecular flexibility index (Phi) is 3.72. The molecule has 2 N–H and O–H groups in total. The topological polar surface area (TPSA) is 41.1 Å². The summed E-state index contributed by atoms with van der Waals surface area (Å²) in [6.45, 7) is 4.01. The van der Waals surface area contributed by atoms with E-state index < -0.39 is 0 Å². The van der Waals surface area contributed by atoms with Crippen LogP contribution in [-0.4, -0.2) is 26.0 Å². The van der Waals surface area contributed by atoms with E-state index in [9.17, 15) is 4.79 Å². The zero-order chi connectivity index (χ0) is 9.73. The summed E-state index contributed by atoms with van der Waals surface area (Å²) >= 11 is 0. The first-order chi connectivity index (χ1) is 6.16. The van der Waals surface area contributed by atoms with Crippen molar-refractivity contribution >= 4 is 5.91 Å². The normalized spacial score (nSPS) is 18.3. The molecule has 0 heterocycles. The minimum atomic E-state index is 0.198. The summed E-state index contributed by atoms with van der Waals surface area (Å²) in [5.41, 5.74) is 0.429. The van der Waals surface area contributed by atoms with Gasteiger partial charge in [0.05, 0.1) is 0 Å². The lowest BCUT2D eigenvalue weighted by molar-refractivity contribution is -0.121. The van der Waals surface area contributed by atoms with Crippen molar-refractivity contribution in [2.75, 3.05) is 20.1 Å². The van der Waals surface area contributed by atoms with Crippen LogP contribution in [0.15, 0.2) is 0 Å². The average molecular weight is 184 g/mol. The largest absolute Gasteiger partial charge is 0.356 e. The number of hydrogen-bond acceptors (Lipinski definition) is 2. The fourth-order valence-electron chi connectivity index (χ4n) is 1.22. The van der Waals surface area contributed by atoms with Gasteiger partial charge in [-0.25, -0.2) is 0 Å². The molecule has 3 nitrogen and oxygen atoms in total. The molecule has 0 aromatic rings. The summed E-state index contributed by atoms with van der Waals surface area (Å²) in [7, 11) is 1.91. The number of nitrogens with one attached hydrogen (secondary N) is 2. The summed E-state index contributed by atoms with van der Waals surface area (Å²) in [5, 5.41) is 6.01. The van der Waals surface area contributed by atoms with Crippen LogP contribution >= 0.6 is 0 Å². The van der Waals surface area contributed by atoms with Gasteiger partial charge in [0.25, 0.3) is 0 Å². The summed E-state index contributed by atoms with van der Waals surface area (Å²) in [4.78, 5) is 11.3. The van der Waals surface area contributed by atoms with Gasteiger partial charge in [0.1, 0.15) is 0 Å². The lowest BCUT2D eigenvalue weighted by Crippen LogP contribution is -2.29. The Morgan fingerprint density at radius 1 is 1.46 bits per heavy atom. The Morgan fingerprint density at radius 2 is 2.15 bits per heavy atom. The van der Waals surface area contributed by atoms with E-state index in [0.717, 1.165) is 19.5 Å². The van der Waals surface area contributed by atoms with Crippen LogP contribution in [-0.2, 0) is 4.79 Å². The van der Waals surface area contributed by atoms with Crippen LogP contribution in [0.2, 0.25) is 0 Å². The zero-order valence-corrected chi connectivity index (χ0v) is 8.65. The Balaban J connectivity index is 1.97. The van der Waals surface area contributed by atoms with E-state index in [1.807, 2.05) is 7.05 Å².